The van der Waals surface area contributed by atoms with Gasteiger partial charge in [0.1, 0.15) is 24.7 Å². The topological polar surface area (TPSA) is 73.5 Å². The van der Waals surface area contributed by atoms with E-state index < -0.39 is 0 Å². The van der Waals surface area contributed by atoms with Gasteiger partial charge in [-0.05, 0) is 56.6 Å². The second kappa shape index (κ2) is 12.1. The molecule has 1 N–H and O–H groups in total. The molecule has 2 fully saturated rings. The van der Waals surface area contributed by atoms with Crippen LogP contribution in [0.25, 0.3) is 22.2 Å². The van der Waals surface area contributed by atoms with E-state index in [0.717, 1.165) is 97.6 Å². The highest BCUT2D eigenvalue weighted by Crippen LogP contribution is 2.35. The lowest BCUT2D eigenvalue weighted by molar-refractivity contribution is -0.108. The molecule has 0 bridgehead atoms. The Labute approximate surface area is 214 Å². The number of aldehydes is 1. The minimum absolute atomic E-state index is 0.454. The summed E-state index contributed by atoms with van der Waals surface area (Å²) < 4.78 is 8.32. The highest BCUT2D eigenvalue weighted by molar-refractivity contribution is 5.95. The van der Waals surface area contributed by atoms with Crippen molar-refractivity contribution in [1.29, 1.82) is 5.26 Å². The lowest BCUT2D eigenvalue weighted by Gasteiger charge is -2.32. The molecular weight excluding hydrogens is 450 g/mol. The first kappa shape index (κ1) is 25.7. The molecular formula is C29H37N5O2. The molecule has 0 spiro atoms. The molecule has 1 aliphatic carbocycles. The quantitative estimate of drug-likeness (QED) is 0.473. The van der Waals surface area contributed by atoms with E-state index in [1.807, 2.05) is 31.3 Å². The lowest BCUT2D eigenvalue weighted by atomic mass is 10.1. The van der Waals surface area contributed by atoms with Crippen molar-refractivity contribution in [3.63, 3.8) is 0 Å². The van der Waals surface area contributed by atoms with E-state index in [0.29, 0.717) is 12.5 Å². The van der Waals surface area contributed by atoms with Crippen molar-refractivity contribution < 1.29 is 9.53 Å². The summed E-state index contributed by atoms with van der Waals surface area (Å²) in [5.74, 6) is 1.31. The third-order valence-electron chi connectivity index (χ3n) is 7.00. The van der Waals surface area contributed by atoms with E-state index in [2.05, 4.69) is 57.9 Å². The molecule has 0 atom stereocenters. The predicted molar refractivity (Wildman–Crippen MR) is 146 cm³/mol. The van der Waals surface area contributed by atoms with Crippen molar-refractivity contribution in [3.8, 4) is 23.1 Å². The maximum absolute atomic E-state index is 9.95. The average Bonchev–Trinajstić information content (AvgIpc) is 3.71. The summed E-state index contributed by atoms with van der Waals surface area (Å²) >= 11 is 0. The van der Waals surface area contributed by atoms with Crippen molar-refractivity contribution in [1.82, 2.24) is 14.4 Å². The van der Waals surface area contributed by atoms with Crippen LogP contribution in [0.5, 0.6) is 5.75 Å². The molecule has 190 valence electrons. The zero-order valence-corrected chi connectivity index (χ0v) is 21.7. The van der Waals surface area contributed by atoms with Gasteiger partial charge in [0.05, 0.1) is 16.8 Å². The van der Waals surface area contributed by atoms with Gasteiger partial charge in [-0.15, -0.1) is 0 Å². The average molecular weight is 488 g/mol. The molecule has 7 heteroatoms. The number of carbonyl (C=O) groups excluding carboxylic acids is 1. The Morgan fingerprint density at radius 1 is 1.11 bits per heavy atom. The number of carbonyl (C=O) groups is 1. The van der Waals surface area contributed by atoms with Crippen molar-refractivity contribution >= 4 is 22.9 Å². The molecule has 1 aliphatic heterocycles. The number of hydrogen-bond acceptors (Lipinski definition) is 6. The second-order valence-corrected chi connectivity index (χ2v) is 9.55. The number of aryl methyl sites for hydroxylation is 1. The standard InChI is InChI=1S/C25H31N5O.C4H6O/c1-4-30-24-17-21(31-16-15-29-13-11-28(3)12-14-29)9-10-22(24)23(18-26)25(30)19-5-7-20(27-2)8-6-19;5-3-4-1-2-4/h5-10,17,27H,4,11-16H2,1-3H3;3-4H,1-2H2. The number of benzene rings is 2. The zero-order valence-electron chi connectivity index (χ0n) is 21.7. The van der Waals surface area contributed by atoms with Crippen LogP contribution in [0, 0.1) is 17.2 Å². The molecule has 0 radical (unpaired) electrons. The summed E-state index contributed by atoms with van der Waals surface area (Å²) in [5.41, 5.74) is 4.84. The van der Waals surface area contributed by atoms with Crippen LogP contribution in [-0.2, 0) is 11.3 Å². The normalized spacial score (nSPS) is 16.2. The molecule has 1 saturated heterocycles. The molecule has 0 amide bonds. The number of nitrogens with one attached hydrogen (secondary N) is 1. The number of anilines is 1. The molecule has 2 heterocycles. The zero-order chi connectivity index (χ0) is 25.5. The molecule has 3 aromatic rings. The third-order valence-corrected chi connectivity index (χ3v) is 7.00. The van der Waals surface area contributed by atoms with Crippen LogP contribution in [0.4, 0.5) is 5.69 Å². The Morgan fingerprint density at radius 2 is 1.83 bits per heavy atom. The number of rotatable bonds is 8. The first-order chi connectivity index (χ1) is 17.6. The van der Waals surface area contributed by atoms with Gasteiger partial charge in [-0.3, -0.25) is 4.90 Å². The highest BCUT2D eigenvalue weighted by atomic mass is 16.5. The fourth-order valence-corrected chi connectivity index (χ4v) is 4.55. The first-order valence-electron chi connectivity index (χ1n) is 12.9. The summed E-state index contributed by atoms with van der Waals surface area (Å²) in [6.07, 6.45) is 3.31. The molecule has 2 aliphatic rings. The van der Waals surface area contributed by atoms with Gasteiger partial charge in [-0.25, -0.2) is 0 Å². The second-order valence-electron chi connectivity index (χ2n) is 9.55. The fourth-order valence-electron chi connectivity index (χ4n) is 4.55. The number of piperazine rings is 1. The predicted octanol–water partition coefficient (Wildman–Crippen LogP) is 4.46. The Bertz CT molecular complexity index is 1200. The number of likely N-dealkylation sites (N-methyl/N-ethyl adjacent to an activating group) is 1. The molecule has 0 unspecified atom stereocenters. The van der Waals surface area contributed by atoms with Crippen LogP contribution in [0.2, 0.25) is 0 Å². The van der Waals surface area contributed by atoms with Gasteiger partial charge in [0.2, 0.25) is 0 Å². The van der Waals surface area contributed by atoms with E-state index in [1.165, 1.54) is 0 Å². The van der Waals surface area contributed by atoms with Crippen LogP contribution in [0.3, 0.4) is 0 Å². The van der Waals surface area contributed by atoms with E-state index in [-0.39, 0.29) is 0 Å². The van der Waals surface area contributed by atoms with Crippen LogP contribution in [0.15, 0.2) is 42.5 Å². The van der Waals surface area contributed by atoms with E-state index in [4.69, 9.17) is 4.74 Å². The number of ether oxygens (including phenoxy) is 1. The lowest BCUT2D eigenvalue weighted by Crippen LogP contribution is -2.45. The Kier molecular flexibility index (Phi) is 8.63. The van der Waals surface area contributed by atoms with Crippen LogP contribution >= 0.6 is 0 Å². The molecule has 1 saturated carbocycles. The van der Waals surface area contributed by atoms with Gasteiger partial charge < -0.3 is 24.3 Å². The minimum Gasteiger partial charge on any atom is -0.492 e. The highest BCUT2D eigenvalue weighted by Gasteiger charge is 2.20. The summed E-state index contributed by atoms with van der Waals surface area (Å²) in [6, 6.07) is 16.8. The fraction of sp³-hybridized carbons (Fsp3) is 0.448. The minimum atomic E-state index is 0.454. The van der Waals surface area contributed by atoms with Gasteiger partial charge in [0, 0.05) is 69.4 Å². The SMILES string of the molecule is CCn1c(-c2ccc(NC)cc2)c(C#N)c2ccc(OCCN3CCN(C)CC3)cc21.O=CC1CC1. The van der Waals surface area contributed by atoms with Crippen molar-refractivity contribution in [2.24, 2.45) is 5.92 Å². The molecule has 36 heavy (non-hydrogen) atoms. The van der Waals surface area contributed by atoms with Crippen LogP contribution < -0.4 is 10.1 Å². The van der Waals surface area contributed by atoms with Gasteiger partial charge in [0.15, 0.2) is 0 Å². The molecule has 7 nitrogen and oxygen atoms in total. The number of nitriles is 1. The van der Waals surface area contributed by atoms with Crippen molar-refractivity contribution in [2.45, 2.75) is 26.3 Å². The van der Waals surface area contributed by atoms with Crippen molar-refractivity contribution in [2.75, 3.05) is 58.7 Å². The molecule has 5 rings (SSSR count). The van der Waals surface area contributed by atoms with Gasteiger partial charge >= 0.3 is 0 Å². The maximum atomic E-state index is 9.95. The number of nitrogens with zero attached hydrogens (tertiary/aromatic N) is 4. The molecule has 2 aromatic carbocycles. The first-order valence-corrected chi connectivity index (χ1v) is 12.9. The van der Waals surface area contributed by atoms with E-state index in [1.54, 1.807) is 0 Å². The monoisotopic (exact) mass is 487 g/mol. The van der Waals surface area contributed by atoms with Gasteiger partial charge in [-0.2, -0.15) is 5.26 Å². The number of fused-ring (bicyclic) bond motifs is 1. The summed E-state index contributed by atoms with van der Waals surface area (Å²) in [4.78, 5) is 14.4. The maximum Gasteiger partial charge on any atom is 0.123 e. The largest absolute Gasteiger partial charge is 0.492 e. The summed E-state index contributed by atoms with van der Waals surface area (Å²) in [5, 5.41) is 14.1. The third kappa shape index (κ3) is 6.07. The van der Waals surface area contributed by atoms with E-state index >= 15 is 0 Å². The summed E-state index contributed by atoms with van der Waals surface area (Å²) in [6.45, 7) is 8.94. The van der Waals surface area contributed by atoms with Crippen LogP contribution in [0.1, 0.15) is 25.3 Å². The number of hydrogen-bond donors (Lipinski definition) is 1. The van der Waals surface area contributed by atoms with Crippen molar-refractivity contribution in [3.05, 3.63) is 48.0 Å². The molecule has 1 aromatic heterocycles. The Hall–Kier alpha value is -3.34. The van der Waals surface area contributed by atoms with Gasteiger partial charge in [-0.1, -0.05) is 12.1 Å². The Morgan fingerprint density at radius 3 is 2.39 bits per heavy atom. The van der Waals surface area contributed by atoms with E-state index in [9.17, 15) is 10.1 Å². The number of aromatic nitrogens is 1. The summed E-state index contributed by atoms with van der Waals surface area (Å²) in [7, 11) is 4.08. The van der Waals surface area contributed by atoms with Gasteiger partial charge in [0.25, 0.3) is 0 Å². The smallest absolute Gasteiger partial charge is 0.123 e. The van der Waals surface area contributed by atoms with Crippen LogP contribution in [-0.4, -0.2) is 74.1 Å². The Balaban J connectivity index is 0.000000543.